The van der Waals surface area contributed by atoms with E-state index in [-0.39, 0.29) is 5.97 Å². The van der Waals surface area contributed by atoms with Gasteiger partial charge in [0.15, 0.2) is 0 Å². The van der Waals surface area contributed by atoms with Crippen LogP contribution in [0.15, 0.2) is 0 Å². The molecule has 0 rings (SSSR count). The Labute approximate surface area is 94.4 Å². The average molecular weight is 213 g/mol. The molecule has 15 heavy (non-hydrogen) atoms. The topological polar surface area (TPSA) is 26.3 Å². The summed E-state index contributed by atoms with van der Waals surface area (Å²) in [6.45, 7) is 6.31. The fraction of sp³-hybridized carbons (Fsp3) is 0.846. The Morgan fingerprint density at radius 3 is 2.27 bits per heavy atom. The zero-order valence-corrected chi connectivity index (χ0v) is 10.1. The van der Waals surface area contributed by atoms with Crippen molar-refractivity contribution in [3.8, 4) is 0 Å². The van der Waals surface area contributed by atoms with Gasteiger partial charge in [-0.25, -0.2) is 0 Å². The van der Waals surface area contributed by atoms with Crippen molar-refractivity contribution in [3.63, 3.8) is 0 Å². The molecule has 0 aromatic heterocycles. The van der Waals surface area contributed by atoms with E-state index in [2.05, 4.69) is 13.8 Å². The minimum absolute atomic E-state index is 0.0628. The first kappa shape index (κ1) is 14.5. The van der Waals surface area contributed by atoms with Crippen LogP contribution < -0.4 is 0 Å². The molecular formula is C13H25O2. The van der Waals surface area contributed by atoms with Gasteiger partial charge in [0.2, 0.25) is 0 Å². The molecule has 0 aliphatic carbocycles. The summed E-state index contributed by atoms with van der Waals surface area (Å²) >= 11 is 0. The van der Waals surface area contributed by atoms with E-state index in [9.17, 15) is 4.79 Å². The van der Waals surface area contributed by atoms with E-state index in [1.807, 2.05) is 0 Å². The molecule has 0 spiro atoms. The highest BCUT2D eigenvalue weighted by Gasteiger charge is 2.00. The molecule has 2 nitrogen and oxygen atoms in total. The molecule has 89 valence electrons. The lowest BCUT2D eigenvalue weighted by Gasteiger charge is -2.03. The summed E-state index contributed by atoms with van der Waals surface area (Å²) in [6.07, 6.45) is 9.90. The van der Waals surface area contributed by atoms with E-state index in [0.717, 1.165) is 12.8 Å². The lowest BCUT2D eigenvalue weighted by atomic mass is 10.1. The third-order valence-corrected chi connectivity index (χ3v) is 2.39. The molecule has 0 fully saturated rings. The van der Waals surface area contributed by atoms with Crippen molar-refractivity contribution in [2.45, 2.75) is 64.7 Å². The lowest BCUT2D eigenvalue weighted by molar-refractivity contribution is -0.143. The van der Waals surface area contributed by atoms with Gasteiger partial charge >= 0.3 is 5.97 Å². The van der Waals surface area contributed by atoms with Gasteiger partial charge in [0.1, 0.15) is 0 Å². The third kappa shape index (κ3) is 11.4. The lowest BCUT2D eigenvalue weighted by Crippen LogP contribution is -2.04. The van der Waals surface area contributed by atoms with Crippen LogP contribution in [0.3, 0.4) is 0 Å². The molecule has 0 aliphatic heterocycles. The van der Waals surface area contributed by atoms with E-state index >= 15 is 0 Å². The number of hydrogen-bond donors (Lipinski definition) is 0. The van der Waals surface area contributed by atoms with Crippen molar-refractivity contribution in [3.05, 3.63) is 6.92 Å². The van der Waals surface area contributed by atoms with Crippen LogP contribution in [-0.2, 0) is 9.53 Å². The second-order valence-corrected chi connectivity index (χ2v) is 3.95. The molecule has 0 aliphatic rings. The van der Waals surface area contributed by atoms with E-state index in [4.69, 9.17) is 4.74 Å². The largest absolute Gasteiger partial charge is 0.466 e. The zero-order valence-electron chi connectivity index (χ0n) is 10.1. The van der Waals surface area contributed by atoms with Gasteiger partial charge in [0.05, 0.1) is 6.61 Å². The Morgan fingerprint density at radius 2 is 1.67 bits per heavy atom. The van der Waals surface area contributed by atoms with E-state index in [1.165, 1.54) is 32.1 Å². The smallest absolute Gasteiger partial charge is 0.305 e. The van der Waals surface area contributed by atoms with Gasteiger partial charge in [-0.05, 0) is 19.8 Å². The highest BCUT2D eigenvalue weighted by Crippen LogP contribution is 2.08. The molecule has 0 heterocycles. The van der Waals surface area contributed by atoms with Gasteiger partial charge in [-0.3, -0.25) is 4.79 Å². The summed E-state index contributed by atoms with van der Waals surface area (Å²) in [5.74, 6) is -0.0628. The van der Waals surface area contributed by atoms with E-state index in [0.29, 0.717) is 19.4 Å². The quantitative estimate of drug-likeness (QED) is 0.406. The Balaban J connectivity index is 3.06. The molecule has 0 bridgehead atoms. The number of unbranched alkanes of at least 4 members (excludes halogenated alkanes) is 6. The first-order valence-electron chi connectivity index (χ1n) is 6.26. The van der Waals surface area contributed by atoms with Gasteiger partial charge in [-0.1, -0.05) is 45.4 Å². The predicted molar refractivity (Wildman–Crippen MR) is 63.5 cm³/mol. The van der Waals surface area contributed by atoms with Crippen LogP contribution in [0, 0.1) is 6.92 Å². The number of esters is 1. The summed E-state index contributed by atoms with van der Waals surface area (Å²) in [5, 5.41) is 0. The van der Waals surface area contributed by atoms with Crippen molar-refractivity contribution in [1.82, 2.24) is 0 Å². The number of hydrogen-bond acceptors (Lipinski definition) is 2. The molecule has 0 amide bonds. The maximum Gasteiger partial charge on any atom is 0.305 e. The molecule has 0 unspecified atom stereocenters. The number of carbonyl (C=O) groups excluding carboxylic acids is 1. The molecule has 2 heteroatoms. The van der Waals surface area contributed by atoms with Gasteiger partial charge in [-0.2, -0.15) is 0 Å². The van der Waals surface area contributed by atoms with Crippen LogP contribution in [0.25, 0.3) is 0 Å². The van der Waals surface area contributed by atoms with Crippen molar-refractivity contribution in [1.29, 1.82) is 0 Å². The average Bonchev–Trinajstić information content (AvgIpc) is 2.25. The summed E-state index contributed by atoms with van der Waals surface area (Å²) in [7, 11) is 0. The van der Waals surface area contributed by atoms with Crippen molar-refractivity contribution in [2.24, 2.45) is 0 Å². The first-order valence-corrected chi connectivity index (χ1v) is 6.26. The first-order chi connectivity index (χ1) is 7.31. The monoisotopic (exact) mass is 213 g/mol. The minimum atomic E-state index is -0.0628. The third-order valence-electron chi connectivity index (χ3n) is 2.39. The van der Waals surface area contributed by atoms with Crippen molar-refractivity contribution in [2.75, 3.05) is 6.61 Å². The Bertz CT molecular complexity index is 143. The van der Waals surface area contributed by atoms with Crippen LogP contribution in [0.1, 0.15) is 64.7 Å². The molecule has 0 N–H and O–H groups in total. The fourth-order valence-electron chi connectivity index (χ4n) is 1.48. The summed E-state index contributed by atoms with van der Waals surface area (Å²) < 4.78 is 4.93. The number of carbonyl (C=O) groups is 1. The number of rotatable bonds is 10. The van der Waals surface area contributed by atoms with Crippen molar-refractivity contribution < 1.29 is 9.53 Å². The molecular weight excluding hydrogens is 188 g/mol. The minimum Gasteiger partial charge on any atom is -0.466 e. The van der Waals surface area contributed by atoms with E-state index < -0.39 is 0 Å². The van der Waals surface area contributed by atoms with Gasteiger partial charge < -0.3 is 4.74 Å². The maximum atomic E-state index is 11.1. The predicted octanol–water partition coefficient (Wildman–Crippen LogP) is 3.89. The highest BCUT2D eigenvalue weighted by molar-refractivity contribution is 5.69. The Kier molecular flexibility index (Phi) is 11.1. The molecule has 0 saturated carbocycles. The van der Waals surface area contributed by atoms with Gasteiger partial charge in [-0.15, -0.1) is 0 Å². The Hall–Kier alpha value is -0.530. The van der Waals surface area contributed by atoms with Crippen LogP contribution in [-0.4, -0.2) is 12.6 Å². The SMILES string of the molecule is [CH2]CCOC(=O)CCCCCCCCC. The fourth-order valence-corrected chi connectivity index (χ4v) is 1.48. The molecule has 0 saturated heterocycles. The second-order valence-electron chi connectivity index (χ2n) is 3.95. The summed E-state index contributed by atoms with van der Waals surface area (Å²) in [4.78, 5) is 11.1. The summed E-state index contributed by atoms with van der Waals surface area (Å²) in [5.41, 5.74) is 0. The van der Waals surface area contributed by atoms with Gasteiger partial charge in [0, 0.05) is 6.42 Å². The second kappa shape index (κ2) is 11.5. The van der Waals surface area contributed by atoms with Gasteiger partial charge in [0.25, 0.3) is 0 Å². The van der Waals surface area contributed by atoms with Crippen LogP contribution in [0.2, 0.25) is 0 Å². The van der Waals surface area contributed by atoms with Crippen LogP contribution >= 0.6 is 0 Å². The maximum absolute atomic E-state index is 11.1. The standard InChI is InChI=1S/C13H25O2/c1-3-5-6-7-8-9-10-11-13(14)15-12-4-2/h2-12H2,1H3. The van der Waals surface area contributed by atoms with Crippen molar-refractivity contribution >= 4 is 5.97 Å². The molecule has 1 radical (unpaired) electrons. The summed E-state index contributed by atoms with van der Waals surface area (Å²) in [6, 6.07) is 0. The molecule has 0 aromatic carbocycles. The molecule has 0 aromatic rings. The van der Waals surface area contributed by atoms with Crippen LogP contribution in [0.5, 0.6) is 0 Å². The Morgan fingerprint density at radius 1 is 1.07 bits per heavy atom. The highest BCUT2D eigenvalue weighted by atomic mass is 16.5. The van der Waals surface area contributed by atoms with Crippen LogP contribution in [0.4, 0.5) is 0 Å². The number of ether oxygens (including phenoxy) is 1. The van der Waals surface area contributed by atoms with E-state index in [1.54, 1.807) is 0 Å². The molecule has 0 atom stereocenters. The normalized spacial score (nSPS) is 10.3. The zero-order chi connectivity index (χ0) is 11.4.